The summed E-state index contributed by atoms with van der Waals surface area (Å²) in [6.45, 7) is 4.55. The number of fused-ring (bicyclic) bond motifs is 6. The summed E-state index contributed by atoms with van der Waals surface area (Å²) in [4.78, 5) is 44.5. The average Bonchev–Trinajstić information content (AvgIpc) is 3.33. The Morgan fingerprint density at radius 3 is 2.66 bits per heavy atom. The Labute approximate surface area is 205 Å². The third-order valence-corrected chi connectivity index (χ3v) is 7.31. The molecule has 3 amide bonds. The Morgan fingerprint density at radius 2 is 1.91 bits per heavy atom. The van der Waals surface area contributed by atoms with Crippen LogP contribution in [0, 0.1) is 0 Å². The molecule has 0 spiro atoms. The minimum Gasteiger partial charge on any atom is -0.388 e. The van der Waals surface area contributed by atoms with Crippen molar-refractivity contribution in [1.82, 2.24) is 20.0 Å². The summed E-state index contributed by atoms with van der Waals surface area (Å²) in [6, 6.07) is -0.521. The van der Waals surface area contributed by atoms with Crippen molar-refractivity contribution in [2.24, 2.45) is 0 Å². The van der Waals surface area contributed by atoms with Crippen molar-refractivity contribution >= 4 is 17.7 Å². The number of amides is 3. The van der Waals surface area contributed by atoms with Crippen LogP contribution in [0.25, 0.3) is 0 Å². The van der Waals surface area contributed by atoms with E-state index < -0.39 is 30.5 Å². The second-order valence-corrected chi connectivity index (χ2v) is 9.92. The van der Waals surface area contributed by atoms with Gasteiger partial charge in [-0.15, -0.1) is 0 Å². The number of carbonyl (C=O) groups excluding carboxylic acids is 3. The van der Waals surface area contributed by atoms with E-state index in [4.69, 9.17) is 14.2 Å². The van der Waals surface area contributed by atoms with Crippen molar-refractivity contribution in [1.29, 1.82) is 0 Å². The first kappa shape index (κ1) is 26.2. The molecule has 198 valence electrons. The van der Waals surface area contributed by atoms with Gasteiger partial charge in [0.15, 0.2) is 0 Å². The van der Waals surface area contributed by atoms with Gasteiger partial charge in [-0.05, 0) is 19.4 Å². The first-order chi connectivity index (χ1) is 16.8. The van der Waals surface area contributed by atoms with Gasteiger partial charge in [0, 0.05) is 45.9 Å². The first-order valence-corrected chi connectivity index (χ1v) is 12.5. The molecule has 4 fully saturated rings. The maximum atomic E-state index is 13.5. The number of nitrogens with zero attached hydrogens (tertiary/aromatic N) is 3. The molecule has 0 saturated carbocycles. The average molecular weight is 499 g/mol. The van der Waals surface area contributed by atoms with Crippen LogP contribution in [0.4, 0.5) is 0 Å². The number of ether oxygens (including phenoxy) is 3. The standard InChI is InChI=1S/C23H38N4O8/c1-3-4-25-9-14-7-16(25)23(32)26-5-6-34-15(10-26)11-27(20(29)13-33-2)12-18-22(31)21(30)17(35-18)8-19(28)24-14/h14-18,21-22,30-31H,3-13H2,1-2H3,(H,24,28)/t14-,15-,16-,17-,18+,21-,22+/m0/s1. The Kier molecular flexibility index (Phi) is 8.61. The fourth-order valence-electron chi connectivity index (χ4n) is 5.61. The Bertz CT molecular complexity index is 785. The molecule has 12 nitrogen and oxygen atoms in total. The molecular formula is C23H38N4O8. The summed E-state index contributed by atoms with van der Waals surface area (Å²) in [5, 5.41) is 24.1. The number of carbonyl (C=O) groups is 3. The van der Waals surface area contributed by atoms with Gasteiger partial charge in [0.2, 0.25) is 17.7 Å². The normalized spacial score (nSPS) is 37.0. The third-order valence-electron chi connectivity index (χ3n) is 7.31. The maximum Gasteiger partial charge on any atom is 0.248 e. The summed E-state index contributed by atoms with van der Waals surface area (Å²) in [5.74, 6) is -0.609. The SMILES string of the molecule is CCCN1C[C@@H]2C[C@H]1C(=O)N1CCO[C@H](CN(C(=O)COC)C[C@H]3O[C@@H](CC(=O)N2)[C@H](O)[C@@H]3O)C1. The zero-order chi connectivity index (χ0) is 25.1. The van der Waals surface area contributed by atoms with Crippen molar-refractivity contribution in [3.63, 3.8) is 0 Å². The predicted molar refractivity (Wildman–Crippen MR) is 122 cm³/mol. The lowest BCUT2D eigenvalue weighted by Gasteiger charge is -2.38. The molecule has 4 aliphatic heterocycles. The van der Waals surface area contributed by atoms with Crippen molar-refractivity contribution in [3.8, 4) is 0 Å². The van der Waals surface area contributed by atoms with Crippen LogP contribution in [0.3, 0.4) is 0 Å². The number of morpholine rings is 1. The van der Waals surface area contributed by atoms with Gasteiger partial charge in [0.25, 0.3) is 0 Å². The van der Waals surface area contributed by atoms with E-state index >= 15 is 0 Å². The summed E-state index contributed by atoms with van der Waals surface area (Å²) >= 11 is 0. The molecule has 6 bridgehead atoms. The van der Waals surface area contributed by atoms with E-state index in [9.17, 15) is 24.6 Å². The molecule has 0 aromatic rings. The number of hydrogen-bond acceptors (Lipinski definition) is 9. The molecule has 0 unspecified atom stereocenters. The van der Waals surface area contributed by atoms with Gasteiger partial charge in [-0.2, -0.15) is 0 Å². The Hall–Kier alpha value is -1.83. The molecule has 4 aliphatic rings. The molecule has 3 N–H and O–H groups in total. The minimum atomic E-state index is -1.25. The Balaban J connectivity index is 1.59. The lowest BCUT2D eigenvalue weighted by molar-refractivity contribution is -0.148. The van der Waals surface area contributed by atoms with E-state index in [-0.39, 0.29) is 55.9 Å². The summed E-state index contributed by atoms with van der Waals surface area (Å²) in [6.07, 6.45) is -3.40. The number of nitrogens with one attached hydrogen (secondary N) is 1. The molecule has 0 radical (unpaired) electrons. The second kappa shape index (κ2) is 11.5. The van der Waals surface area contributed by atoms with Crippen LogP contribution in [0.1, 0.15) is 26.2 Å². The lowest BCUT2D eigenvalue weighted by Crippen LogP contribution is -2.55. The van der Waals surface area contributed by atoms with E-state index in [2.05, 4.69) is 17.1 Å². The van der Waals surface area contributed by atoms with E-state index in [1.807, 2.05) is 0 Å². The van der Waals surface area contributed by atoms with E-state index in [1.54, 1.807) is 4.90 Å². The number of methoxy groups -OCH3 is 1. The Morgan fingerprint density at radius 1 is 1.14 bits per heavy atom. The van der Waals surface area contributed by atoms with Crippen molar-refractivity contribution in [2.75, 3.05) is 59.6 Å². The van der Waals surface area contributed by atoms with Crippen LogP contribution in [-0.2, 0) is 28.6 Å². The van der Waals surface area contributed by atoms with Crippen molar-refractivity contribution in [3.05, 3.63) is 0 Å². The predicted octanol–water partition coefficient (Wildman–Crippen LogP) is -2.45. The highest BCUT2D eigenvalue weighted by molar-refractivity contribution is 5.83. The van der Waals surface area contributed by atoms with Crippen LogP contribution in [0.5, 0.6) is 0 Å². The monoisotopic (exact) mass is 498 g/mol. The summed E-state index contributed by atoms with van der Waals surface area (Å²) in [5.41, 5.74) is 0. The van der Waals surface area contributed by atoms with Gasteiger partial charge in [-0.25, -0.2) is 0 Å². The largest absolute Gasteiger partial charge is 0.388 e. The zero-order valence-electron chi connectivity index (χ0n) is 20.5. The smallest absolute Gasteiger partial charge is 0.248 e. The summed E-state index contributed by atoms with van der Waals surface area (Å²) < 4.78 is 16.8. The van der Waals surface area contributed by atoms with Gasteiger partial charge in [0.1, 0.15) is 24.9 Å². The molecule has 4 heterocycles. The minimum absolute atomic E-state index is 0.00186. The van der Waals surface area contributed by atoms with E-state index in [0.717, 1.165) is 13.0 Å². The fraction of sp³-hybridized carbons (Fsp3) is 0.870. The van der Waals surface area contributed by atoms with Crippen LogP contribution < -0.4 is 5.32 Å². The van der Waals surface area contributed by atoms with Crippen molar-refractivity contribution < 1.29 is 38.8 Å². The summed E-state index contributed by atoms with van der Waals surface area (Å²) in [7, 11) is 1.42. The number of aliphatic hydroxyl groups excluding tert-OH is 2. The van der Waals surface area contributed by atoms with Crippen LogP contribution in [0.15, 0.2) is 0 Å². The first-order valence-electron chi connectivity index (χ1n) is 12.5. The zero-order valence-corrected chi connectivity index (χ0v) is 20.5. The molecule has 0 aliphatic carbocycles. The second-order valence-electron chi connectivity index (χ2n) is 9.92. The quantitative estimate of drug-likeness (QED) is 0.385. The highest BCUT2D eigenvalue weighted by Gasteiger charge is 2.46. The van der Waals surface area contributed by atoms with Gasteiger partial charge < -0.3 is 39.5 Å². The third kappa shape index (κ3) is 5.95. The molecule has 0 aromatic heterocycles. The fourth-order valence-corrected chi connectivity index (χ4v) is 5.61. The number of aliphatic hydroxyl groups is 2. The number of rotatable bonds is 4. The highest BCUT2D eigenvalue weighted by Crippen LogP contribution is 2.27. The molecule has 4 saturated heterocycles. The van der Waals surface area contributed by atoms with Crippen molar-refractivity contribution in [2.45, 2.75) is 68.8 Å². The van der Waals surface area contributed by atoms with Gasteiger partial charge >= 0.3 is 0 Å². The van der Waals surface area contributed by atoms with Gasteiger partial charge in [-0.3, -0.25) is 19.3 Å². The molecular weight excluding hydrogens is 460 g/mol. The number of likely N-dealkylation sites (tertiary alicyclic amines) is 1. The van der Waals surface area contributed by atoms with Crippen LogP contribution >= 0.6 is 0 Å². The molecule has 12 heteroatoms. The maximum absolute atomic E-state index is 13.5. The van der Waals surface area contributed by atoms with Crippen LogP contribution in [-0.4, -0.2) is 145 Å². The molecule has 35 heavy (non-hydrogen) atoms. The molecule has 7 atom stereocenters. The van der Waals surface area contributed by atoms with Gasteiger partial charge in [0.05, 0.1) is 31.3 Å². The highest BCUT2D eigenvalue weighted by atomic mass is 16.5. The topological polar surface area (TPSA) is 141 Å². The van der Waals surface area contributed by atoms with E-state index in [0.29, 0.717) is 32.7 Å². The lowest BCUT2D eigenvalue weighted by atomic mass is 10.0. The van der Waals surface area contributed by atoms with E-state index in [1.165, 1.54) is 12.0 Å². The number of hydrogen-bond donors (Lipinski definition) is 3. The van der Waals surface area contributed by atoms with Gasteiger partial charge in [-0.1, -0.05) is 6.92 Å². The van der Waals surface area contributed by atoms with Crippen LogP contribution in [0.2, 0.25) is 0 Å². The molecule has 0 aromatic carbocycles. The molecule has 4 rings (SSSR count).